The Labute approximate surface area is 119 Å². The number of fused-ring (bicyclic) bond motifs is 1. The molecular weight excluding hydrogens is 270 g/mol. The molecule has 0 aliphatic heterocycles. The van der Waals surface area contributed by atoms with Crippen LogP contribution in [-0.2, 0) is 0 Å². The number of carbonyl (C=O) groups excluding carboxylic acids is 2. The number of benzene rings is 1. The van der Waals surface area contributed by atoms with Crippen LogP contribution in [0.4, 0.5) is 0 Å². The summed E-state index contributed by atoms with van der Waals surface area (Å²) in [5.74, 6) is -0.916. The Kier molecular flexibility index (Phi) is 3.30. The lowest BCUT2D eigenvalue weighted by Crippen LogP contribution is -2.41. The molecule has 0 atom stereocenters. The first-order valence-corrected chi connectivity index (χ1v) is 6.19. The van der Waals surface area contributed by atoms with Crippen LogP contribution in [0.3, 0.4) is 0 Å². The van der Waals surface area contributed by atoms with Crippen molar-refractivity contribution in [2.45, 2.75) is 0 Å². The minimum atomic E-state index is -0.491. The Balaban J connectivity index is 1.71. The molecule has 2 heterocycles. The maximum absolute atomic E-state index is 12.0. The van der Waals surface area contributed by atoms with E-state index in [9.17, 15) is 9.59 Å². The first-order valence-electron chi connectivity index (χ1n) is 6.19. The Bertz CT molecular complexity index is 797. The molecule has 7 nitrogen and oxygen atoms in total. The highest BCUT2D eigenvalue weighted by molar-refractivity contribution is 6.05. The number of para-hydroxylation sites is 1. The van der Waals surface area contributed by atoms with Gasteiger partial charge in [-0.15, -0.1) is 0 Å². The van der Waals surface area contributed by atoms with E-state index in [2.05, 4.69) is 26.0 Å². The van der Waals surface area contributed by atoms with Gasteiger partial charge >= 0.3 is 0 Å². The molecule has 0 spiro atoms. The number of aromatic amines is 1. The number of hydrazine groups is 1. The summed E-state index contributed by atoms with van der Waals surface area (Å²) in [4.78, 5) is 27.7. The molecule has 21 heavy (non-hydrogen) atoms. The average molecular weight is 281 g/mol. The molecule has 0 aliphatic rings. The van der Waals surface area contributed by atoms with Crippen molar-refractivity contribution in [2.24, 2.45) is 0 Å². The van der Waals surface area contributed by atoms with Gasteiger partial charge < -0.3 is 0 Å². The molecule has 1 aromatic carbocycles. The van der Waals surface area contributed by atoms with Crippen LogP contribution in [0.25, 0.3) is 10.9 Å². The number of carbonyl (C=O) groups is 2. The molecule has 0 bridgehead atoms. The molecule has 0 saturated carbocycles. The number of amides is 2. The highest BCUT2D eigenvalue weighted by Gasteiger charge is 2.14. The zero-order chi connectivity index (χ0) is 14.7. The minimum Gasteiger partial charge on any atom is -0.277 e. The zero-order valence-electron chi connectivity index (χ0n) is 10.8. The fraction of sp³-hybridized carbons (Fsp3) is 0. The van der Waals surface area contributed by atoms with Crippen molar-refractivity contribution in [1.29, 1.82) is 0 Å². The third kappa shape index (κ3) is 2.57. The topological polar surface area (TPSA) is 99.8 Å². The summed E-state index contributed by atoms with van der Waals surface area (Å²) in [6.45, 7) is 0. The van der Waals surface area contributed by atoms with Gasteiger partial charge in [-0.1, -0.05) is 18.2 Å². The second-order valence-corrected chi connectivity index (χ2v) is 4.26. The maximum Gasteiger partial charge on any atom is 0.290 e. The van der Waals surface area contributed by atoms with Crippen LogP contribution in [-0.4, -0.2) is 27.0 Å². The molecule has 3 aromatic rings. The van der Waals surface area contributed by atoms with Gasteiger partial charge in [0.15, 0.2) is 5.69 Å². The lowest BCUT2D eigenvalue weighted by atomic mass is 10.2. The number of rotatable bonds is 2. The van der Waals surface area contributed by atoms with Crippen molar-refractivity contribution < 1.29 is 9.59 Å². The minimum absolute atomic E-state index is 0.223. The summed E-state index contributed by atoms with van der Waals surface area (Å²) < 4.78 is 0. The van der Waals surface area contributed by atoms with Gasteiger partial charge in [-0.05, 0) is 18.2 Å². The zero-order valence-corrected chi connectivity index (χ0v) is 10.8. The normalized spacial score (nSPS) is 10.3. The standard InChI is InChI=1S/C14H11N5O2/c20-13(9-5-7-15-8-6-9)18-19-14(21)12-10-3-1-2-4-11(10)16-17-12/h1-8H,(H,16,17)(H,18,20)(H,19,21). The Hall–Kier alpha value is -3.22. The van der Waals surface area contributed by atoms with Gasteiger partial charge in [-0.2, -0.15) is 5.10 Å². The molecule has 7 heteroatoms. The number of pyridine rings is 1. The molecule has 2 aromatic heterocycles. The molecule has 0 unspecified atom stereocenters. The van der Waals surface area contributed by atoms with Gasteiger partial charge in [-0.25, -0.2) is 0 Å². The van der Waals surface area contributed by atoms with E-state index in [0.29, 0.717) is 10.9 Å². The molecule has 3 rings (SSSR count). The van der Waals surface area contributed by atoms with Crippen molar-refractivity contribution in [3.63, 3.8) is 0 Å². The molecule has 0 radical (unpaired) electrons. The van der Waals surface area contributed by atoms with Crippen LogP contribution < -0.4 is 10.9 Å². The van der Waals surface area contributed by atoms with Crippen molar-refractivity contribution in [2.75, 3.05) is 0 Å². The number of nitrogens with zero attached hydrogens (tertiary/aromatic N) is 2. The quantitative estimate of drug-likeness (QED) is 0.611. The summed E-state index contributed by atoms with van der Waals surface area (Å²) in [6.07, 6.45) is 3.00. The largest absolute Gasteiger partial charge is 0.290 e. The van der Waals surface area contributed by atoms with E-state index in [-0.39, 0.29) is 5.69 Å². The van der Waals surface area contributed by atoms with Crippen LogP contribution >= 0.6 is 0 Å². The van der Waals surface area contributed by atoms with Gasteiger partial charge in [-0.3, -0.25) is 30.5 Å². The summed E-state index contributed by atoms with van der Waals surface area (Å²) in [6, 6.07) is 10.3. The van der Waals surface area contributed by atoms with E-state index < -0.39 is 11.8 Å². The van der Waals surface area contributed by atoms with Crippen LogP contribution in [0.15, 0.2) is 48.8 Å². The third-order valence-corrected chi connectivity index (χ3v) is 2.92. The van der Waals surface area contributed by atoms with E-state index in [4.69, 9.17) is 0 Å². The molecule has 2 amide bonds. The maximum atomic E-state index is 12.0. The summed E-state index contributed by atoms with van der Waals surface area (Å²) in [5.41, 5.74) is 6.04. The van der Waals surface area contributed by atoms with Crippen molar-refractivity contribution in [3.05, 3.63) is 60.0 Å². The summed E-state index contributed by atoms with van der Waals surface area (Å²) in [5, 5.41) is 7.39. The molecule has 0 fully saturated rings. The Morgan fingerprint density at radius 1 is 0.952 bits per heavy atom. The third-order valence-electron chi connectivity index (χ3n) is 2.92. The van der Waals surface area contributed by atoms with E-state index in [1.54, 1.807) is 18.2 Å². The highest BCUT2D eigenvalue weighted by atomic mass is 16.2. The SMILES string of the molecule is O=C(NNC(=O)c1n[nH]c2ccccc12)c1ccncc1. The number of nitrogens with one attached hydrogen (secondary N) is 3. The lowest BCUT2D eigenvalue weighted by molar-refractivity contribution is 0.0844. The molecule has 0 aliphatic carbocycles. The first kappa shape index (κ1) is 12.8. The number of H-pyrrole nitrogens is 1. The predicted octanol–water partition coefficient (Wildman–Crippen LogP) is 1.03. The Morgan fingerprint density at radius 3 is 2.48 bits per heavy atom. The van der Waals surface area contributed by atoms with Gasteiger partial charge in [0.25, 0.3) is 11.8 Å². The number of aromatic nitrogens is 3. The second-order valence-electron chi connectivity index (χ2n) is 4.26. The predicted molar refractivity (Wildman–Crippen MR) is 75.3 cm³/mol. The average Bonchev–Trinajstić information content (AvgIpc) is 2.97. The van der Waals surface area contributed by atoms with E-state index in [0.717, 1.165) is 5.52 Å². The first-order chi connectivity index (χ1) is 10.3. The van der Waals surface area contributed by atoms with Crippen LogP contribution in [0.5, 0.6) is 0 Å². The molecule has 0 saturated heterocycles. The highest BCUT2D eigenvalue weighted by Crippen LogP contribution is 2.14. The van der Waals surface area contributed by atoms with Crippen molar-refractivity contribution >= 4 is 22.7 Å². The van der Waals surface area contributed by atoms with Gasteiger partial charge in [0.1, 0.15) is 0 Å². The van der Waals surface area contributed by atoms with Gasteiger partial charge in [0, 0.05) is 23.3 Å². The number of hydrogen-bond acceptors (Lipinski definition) is 4. The lowest BCUT2D eigenvalue weighted by Gasteiger charge is -2.05. The fourth-order valence-electron chi connectivity index (χ4n) is 1.88. The molecule has 104 valence electrons. The Morgan fingerprint density at radius 2 is 1.67 bits per heavy atom. The van der Waals surface area contributed by atoms with Crippen molar-refractivity contribution in [1.82, 2.24) is 26.0 Å². The monoisotopic (exact) mass is 281 g/mol. The van der Waals surface area contributed by atoms with Gasteiger partial charge in [0.2, 0.25) is 0 Å². The summed E-state index contributed by atoms with van der Waals surface area (Å²) >= 11 is 0. The smallest absolute Gasteiger partial charge is 0.277 e. The van der Waals surface area contributed by atoms with Crippen molar-refractivity contribution in [3.8, 4) is 0 Å². The fourth-order valence-corrected chi connectivity index (χ4v) is 1.88. The van der Waals surface area contributed by atoms with E-state index in [1.807, 2.05) is 18.2 Å². The van der Waals surface area contributed by atoms with Crippen LogP contribution in [0, 0.1) is 0 Å². The molecular formula is C14H11N5O2. The van der Waals surface area contributed by atoms with E-state index in [1.165, 1.54) is 12.4 Å². The number of hydrogen-bond donors (Lipinski definition) is 3. The van der Waals surface area contributed by atoms with Gasteiger partial charge in [0.05, 0.1) is 5.52 Å². The summed E-state index contributed by atoms with van der Waals surface area (Å²) in [7, 11) is 0. The van der Waals surface area contributed by atoms with E-state index >= 15 is 0 Å². The van der Waals surface area contributed by atoms with Crippen LogP contribution in [0.2, 0.25) is 0 Å². The van der Waals surface area contributed by atoms with Crippen LogP contribution in [0.1, 0.15) is 20.8 Å². The molecule has 3 N–H and O–H groups in total. The second kappa shape index (κ2) is 5.41.